The monoisotopic (exact) mass is 528 g/mol. The lowest BCUT2D eigenvalue weighted by Gasteiger charge is -2.17. The highest BCUT2D eigenvalue weighted by Crippen LogP contribution is 2.35. The van der Waals surface area contributed by atoms with Crippen LogP contribution in [-0.4, -0.2) is 29.2 Å². The van der Waals surface area contributed by atoms with Gasteiger partial charge in [0, 0.05) is 57.7 Å². The number of benzene rings is 1. The van der Waals surface area contributed by atoms with Crippen molar-refractivity contribution in [2.45, 2.75) is 47.8 Å². The van der Waals surface area contributed by atoms with Crippen LogP contribution in [0.5, 0.6) is 11.6 Å². The quantitative estimate of drug-likeness (QED) is 0.321. The van der Waals surface area contributed by atoms with Gasteiger partial charge in [-0.3, -0.25) is 9.79 Å². The predicted octanol–water partition coefficient (Wildman–Crippen LogP) is 6.47. The highest BCUT2D eigenvalue weighted by Gasteiger charge is 2.19. The largest absolute Gasteiger partial charge is 0.487 e. The average molecular weight is 529 g/mol. The molecule has 0 aliphatic heterocycles. The number of fused-ring (bicyclic) bond motifs is 1. The maximum absolute atomic E-state index is 12.2. The van der Waals surface area contributed by atoms with Gasteiger partial charge in [0.15, 0.2) is 0 Å². The maximum atomic E-state index is 12.2. The zero-order valence-electron chi connectivity index (χ0n) is 21.3. The molecule has 2 aromatic heterocycles. The number of allylic oxidation sites excluding steroid dienone is 1. The van der Waals surface area contributed by atoms with Crippen molar-refractivity contribution < 1.29 is 14.3 Å². The Bertz CT molecular complexity index is 1330. The van der Waals surface area contributed by atoms with Crippen LogP contribution in [0.2, 0.25) is 5.02 Å². The molecule has 0 saturated heterocycles. The van der Waals surface area contributed by atoms with Gasteiger partial charge in [-0.1, -0.05) is 49.2 Å². The van der Waals surface area contributed by atoms with Gasteiger partial charge in [-0.2, -0.15) is 0 Å². The lowest BCUT2D eigenvalue weighted by Crippen LogP contribution is -2.28. The zero-order valence-corrected chi connectivity index (χ0v) is 22.8. The van der Waals surface area contributed by atoms with Crippen molar-refractivity contribution in [2.24, 2.45) is 10.9 Å². The van der Waals surface area contributed by atoms with Crippen molar-refractivity contribution in [3.8, 4) is 11.6 Å². The predicted molar refractivity (Wildman–Crippen MR) is 146 cm³/mol. The molecule has 9 heteroatoms. The number of hydrogen-bond acceptors (Lipinski definition) is 6. The molecule has 3 aromatic rings. The molecule has 0 spiro atoms. The summed E-state index contributed by atoms with van der Waals surface area (Å²) >= 11 is 12.9. The maximum Gasteiger partial charge on any atom is 0.222 e. The Labute approximate surface area is 221 Å². The highest BCUT2D eigenvalue weighted by molar-refractivity contribution is 6.32. The molecule has 0 unspecified atom stereocenters. The van der Waals surface area contributed by atoms with Gasteiger partial charge < -0.3 is 14.8 Å². The van der Waals surface area contributed by atoms with Crippen LogP contribution in [0, 0.1) is 12.8 Å². The van der Waals surface area contributed by atoms with E-state index < -0.39 is 0 Å². The highest BCUT2D eigenvalue weighted by atomic mass is 35.5. The Hall–Kier alpha value is -3.16. The van der Waals surface area contributed by atoms with E-state index in [1.807, 2.05) is 58.9 Å². The second-order valence-electron chi connectivity index (χ2n) is 8.47. The summed E-state index contributed by atoms with van der Waals surface area (Å²) in [4.78, 5) is 25.7. The third-order valence-electron chi connectivity index (χ3n) is 5.51. The van der Waals surface area contributed by atoms with Crippen LogP contribution in [-0.2, 0) is 17.9 Å². The summed E-state index contributed by atoms with van der Waals surface area (Å²) in [6.45, 7) is 9.56. The fourth-order valence-electron chi connectivity index (χ4n) is 3.72. The van der Waals surface area contributed by atoms with Crippen LogP contribution in [0.4, 0.5) is 0 Å². The van der Waals surface area contributed by atoms with Crippen molar-refractivity contribution in [1.82, 2.24) is 15.3 Å². The molecule has 0 aliphatic rings. The molecule has 0 radical (unpaired) electrons. The number of methoxy groups -OCH3 is 1. The smallest absolute Gasteiger partial charge is 0.222 e. The van der Waals surface area contributed by atoms with E-state index in [0.717, 1.165) is 16.6 Å². The Morgan fingerprint density at radius 1 is 1.28 bits per heavy atom. The van der Waals surface area contributed by atoms with Crippen LogP contribution < -0.4 is 14.8 Å². The summed E-state index contributed by atoms with van der Waals surface area (Å²) in [5.41, 5.74) is 4.36. The summed E-state index contributed by atoms with van der Waals surface area (Å²) in [5, 5.41) is 4.76. The fraction of sp³-hybridized carbons (Fsp3) is 0.333. The first-order chi connectivity index (χ1) is 17.2. The number of aliphatic imine (C=N–C) groups is 1. The van der Waals surface area contributed by atoms with Crippen molar-refractivity contribution >= 4 is 51.9 Å². The van der Waals surface area contributed by atoms with Crippen molar-refractivity contribution in [1.29, 1.82) is 0 Å². The first-order valence-corrected chi connectivity index (χ1v) is 12.3. The summed E-state index contributed by atoms with van der Waals surface area (Å²) < 4.78 is 11.7. The minimum atomic E-state index is -0.158. The molecule has 1 amide bonds. The van der Waals surface area contributed by atoms with Crippen LogP contribution in [0.15, 0.2) is 40.5 Å². The lowest BCUT2D eigenvalue weighted by molar-refractivity contribution is -0.124. The van der Waals surface area contributed by atoms with Gasteiger partial charge in [0.2, 0.25) is 11.8 Å². The van der Waals surface area contributed by atoms with E-state index >= 15 is 0 Å². The molecule has 1 aromatic carbocycles. The third kappa shape index (κ3) is 6.15. The molecule has 2 heterocycles. The van der Waals surface area contributed by atoms with E-state index in [2.05, 4.69) is 15.3 Å². The number of carbonyl (C=O) groups is 1. The number of rotatable bonds is 9. The second-order valence-corrected chi connectivity index (χ2v) is 9.44. The molecule has 190 valence electrons. The Balaban J connectivity index is 2.03. The molecular weight excluding hydrogens is 499 g/mol. The molecule has 3 rings (SSSR count). The number of carbonyl (C=O) groups excluding carboxylic acids is 1. The van der Waals surface area contributed by atoms with E-state index in [1.165, 1.54) is 13.3 Å². The number of halogens is 2. The van der Waals surface area contributed by atoms with E-state index in [9.17, 15) is 4.79 Å². The molecule has 1 N–H and O–H groups in total. The Morgan fingerprint density at radius 2 is 2.03 bits per heavy atom. The van der Waals surface area contributed by atoms with Crippen molar-refractivity contribution in [2.75, 3.05) is 7.11 Å². The number of aromatic nitrogens is 2. The molecule has 36 heavy (non-hydrogen) atoms. The van der Waals surface area contributed by atoms with Crippen molar-refractivity contribution in [3.05, 3.63) is 62.9 Å². The minimum absolute atomic E-state index is 0.0849. The number of nitrogens with one attached hydrogen (secondary N) is 1. The van der Waals surface area contributed by atoms with E-state index in [0.29, 0.717) is 44.0 Å². The van der Waals surface area contributed by atoms with Gasteiger partial charge in [0.1, 0.15) is 17.9 Å². The lowest BCUT2D eigenvalue weighted by atomic mass is 10.0. The van der Waals surface area contributed by atoms with Crippen LogP contribution in [0.1, 0.15) is 50.1 Å². The summed E-state index contributed by atoms with van der Waals surface area (Å²) in [5.74, 6) is 0.711. The van der Waals surface area contributed by atoms with E-state index in [4.69, 9.17) is 37.7 Å². The minimum Gasteiger partial charge on any atom is -0.487 e. The summed E-state index contributed by atoms with van der Waals surface area (Å²) in [6, 6.07) is 7.67. The number of ether oxygens (including phenoxy) is 2. The molecule has 7 nitrogen and oxygen atoms in total. The first-order valence-electron chi connectivity index (χ1n) is 11.5. The molecule has 0 saturated carbocycles. The molecule has 0 atom stereocenters. The van der Waals surface area contributed by atoms with Crippen LogP contribution >= 0.6 is 23.2 Å². The number of aryl methyl sites for hydroxylation is 1. The number of para-hydroxylation sites is 1. The van der Waals surface area contributed by atoms with Gasteiger partial charge in [0.25, 0.3) is 0 Å². The fourth-order valence-corrected chi connectivity index (χ4v) is 4.09. The Kier molecular flexibility index (Phi) is 9.29. The zero-order chi connectivity index (χ0) is 26.4. The van der Waals surface area contributed by atoms with Crippen LogP contribution in [0.25, 0.3) is 16.6 Å². The van der Waals surface area contributed by atoms with Gasteiger partial charge in [0.05, 0.1) is 17.8 Å². The number of hydrogen-bond donors (Lipinski definition) is 1. The van der Waals surface area contributed by atoms with Crippen LogP contribution in [0.3, 0.4) is 0 Å². The molecule has 0 bridgehead atoms. The average Bonchev–Trinajstić information content (AvgIpc) is 2.84. The normalized spacial score (nSPS) is 12.2. The molecule has 0 fully saturated rings. The first kappa shape index (κ1) is 27.4. The standard InChI is InChI=1S/C27H30Cl2N4O3/c1-7-30-24(17(5)28)19-11-16(4)33-25-18(19)9-8-10-23(25)36-14-21-20(12-31-26(34)15(2)3)27(35-6)32-13-22(21)29/h7-11,13,15H,12,14H2,1-6H3,(H,31,34)/b24-17+,30-7?. The van der Waals surface area contributed by atoms with E-state index in [-0.39, 0.29) is 25.0 Å². The second kappa shape index (κ2) is 12.2. The molecule has 0 aliphatic carbocycles. The number of pyridine rings is 2. The number of amides is 1. The summed E-state index contributed by atoms with van der Waals surface area (Å²) in [7, 11) is 1.52. The Morgan fingerprint density at radius 3 is 2.67 bits per heavy atom. The summed E-state index contributed by atoms with van der Waals surface area (Å²) in [6.07, 6.45) is 3.22. The van der Waals surface area contributed by atoms with Gasteiger partial charge in [-0.05, 0) is 32.9 Å². The van der Waals surface area contributed by atoms with Gasteiger partial charge in [-0.25, -0.2) is 9.97 Å². The van der Waals surface area contributed by atoms with Crippen molar-refractivity contribution in [3.63, 3.8) is 0 Å². The topological polar surface area (TPSA) is 85.7 Å². The molecular formula is C27H30Cl2N4O3. The van der Waals surface area contributed by atoms with Gasteiger partial charge in [-0.15, -0.1) is 0 Å². The van der Waals surface area contributed by atoms with Gasteiger partial charge >= 0.3 is 0 Å². The number of nitrogens with zero attached hydrogens (tertiary/aromatic N) is 3. The van der Waals surface area contributed by atoms with E-state index in [1.54, 1.807) is 6.21 Å². The SMILES string of the molecule is CC=N/C(=C(\C)Cl)c1cc(C)nc2c(OCc3c(Cl)cnc(OC)c3CNC(=O)C(C)C)cccc12. The third-order valence-corrected chi connectivity index (χ3v) is 6.01.